The maximum atomic E-state index is 9.10. The average Bonchev–Trinajstić information content (AvgIpc) is 3.32. The highest BCUT2D eigenvalue weighted by molar-refractivity contribution is 7.99. The number of aromatic nitrogens is 3. The molecule has 0 unspecified atom stereocenters. The predicted octanol–water partition coefficient (Wildman–Crippen LogP) is 2.31. The summed E-state index contributed by atoms with van der Waals surface area (Å²) >= 11 is 1.69. The molecule has 0 radical (unpaired) electrons. The van der Waals surface area contributed by atoms with Crippen LogP contribution in [-0.4, -0.2) is 88.8 Å². The first-order chi connectivity index (χ1) is 17.4. The van der Waals surface area contributed by atoms with Gasteiger partial charge in [-0.2, -0.15) is 0 Å². The molecule has 0 saturated heterocycles. The van der Waals surface area contributed by atoms with E-state index >= 15 is 0 Å². The Morgan fingerprint density at radius 1 is 1.00 bits per heavy atom. The molecule has 0 atom stereocenters. The molecule has 3 rings (SSSR count). The molecule has 1 aliphatic rings. The maximum absolute atomic E-state index is 9.10. The second kappa shape index (κ2) is 15.2. The van der Waals surface area contributed by atoms with Gasteiger partial charge in [0.2, 0.25) is 5.75 Å². The Hall–Kier alpha value is -3.03. The number of methoxy groups -OCH3 is 3. The van der Waals surface area contributed by atoms with E-state index in [1.54, 1.807) is 33.1 Å². The Kier molecular flexibility index (Phi) is 12.3. The summed E-state index contributed by atoms with van der Waals surface area (Å²) < 4.78 is 18.8. The van der Waals surface area contributed by atoms with Crippen LogP contribution in [0, 0.1) is 0 Å². The molecule has 0 bridgehead atoms. The number of carboxylic acids is 2. The second-order valence-corrected chi connectivity index (χ2v) is 8.88. The molecule has 0 spiro atoms. The number of carboxylic acid groups (broad SMARTS) is 2. The number of ether oxygens (including phenoxy) is 3. The van der Waals surface area contributed by atoms with E-state index in [0.717, 1.165) is 41.7 Å². The van der Waals surface area contributed by atoms with Gasteiger partial charge in [-0.25, -0.2) is 9.59 Å². The third kappa shape index (κ3) is 8.00. The molecule has 1 aliphatic carbocycles. The van der Waals surface area contributed by atoms with Crippen molar-refractivity contribution < 1.29 is 39.1 Å². The number of aliphatic hydroxyl groups excluding tert-OH is 1. The normalized spacial score (nSPS) is 13.4. The summed E-state index contributed by atoms with van der Waals surface area (Å²) in [7, 11) is 4.84. The van der Waals surface area contributed by atoms with Gasteiger partial charge in [0.25, 0.3) is 0 Å². The van der Waals surface area contributed by atoms with Crippen LogP contribution in [0.3, 0.4) is 0 Å². The molecule has 12 nitrogen and oxygen atoms in total. The van der Waals surface area contributed by atoms with Crippen molar-refractivity contribution in [2.75, 3.05) is 46.8 Å². The Labute approximate surface area is 214 Å². The van der Waals surface area contributed by atoms with Crippen LogP contribution < -0.4 is 19.5 Å². The zero-order valence-corrected chi connectivity index (χ0v) is 21.5. The van der Waals surface area contributed by atoms with Crippen molar-refractivity contribution in [2.24, 2.45) is 0 Å². The van der Waals surface area contributed by atoms with E-state index in [9.17, 15) is 0 Å². The average molecular weight is 527 g/mol. The van der Waals surface area contributed by atoms with E-state index in [4.69, 9.17) is 39.1 Å². The molecule has 1 heterocycles. The third-order valence-electron chi connectivity index (χ3n) is 5.51. The highest BCUT2D eigenvalue weighted by atomic mass is 32.2. The van der Waals surface area contributed by atoms with Gasteiger partial charge in [0, 0.05) is 30.4 Å². The molecule has 1 aromatic carbocycles. The van der Waals surface area contributed by atoms with Crippen molar-refractivity contribution in [1.29, 1.82) is 0 Å². The Morgan fingerprint density at radius 3 is 2.11 bits per heavy atom. The molecule has 200 valence electrons. The SMILES string of the molecule is COc1cc(-c2nnc(SCCNCCO)n2C2CCCCC2)cc(OC)c1OC.O=C(O)C(=O)O. The summed E-state index contributed by atoms with van der Waals surface area (Å²) in [6.45, 7) is 1.56. The molecule has 1 fully saturated rings. The number of aliphatic hydroxyl groups is 1. The van der Waals surface area contributed by atoms with Crippen molar-refractivity contribution in [3.63, 3.8) is 0 Å². The Balaban J connectivity index is 0.000000678. The monoisotopic (exact) mass is 526 g/mol. The van der Waals surface area contributed by atoms with E-state index in [1.807, 2.05) is 12.1 Å². The van der Waals surface area contributed by atoms with Gasteiger partial charge in [0.15, 0.2) is 22.5 Å². The number of hydrogen-bond donors (Lipinski definition) is 4. The molecule has 0 aliphatic heterocycles. The fraction of sp³-hybridized carbons (Fsp3) is 0.565. The first kappa shape index (κ1) is 29.2. The van der Waals surface area contributed by atoms with Gasteiger partial charge in [-0.05, 0) is 25.0 Å². The topological polar surface area (TPSA) is 165 Å². The quantitative estimate of drug-likeness (QED) is 0.192. The molecule has 2 aromatic rings. The summed E-state index contributed by atoms with van der Waals surface area (Å²) in [5.41, 5.74) is 0.896. The summed E-state index contributed by atoms with van der Waals surface area (Å²) in [4.78, 5) is 18.2. The molecule has 13 heteroatoms. The van der Waals surface area contributed by atoms with Crippen LogP contribution >= 0.6 is 11.8 Å². The predicted molar refractivity (Wildman–Crippen MR) is 133 cm³/mol. The van der Waals surface area contributed by atoms with Gasteiger partial charge < -0.3 is 34.8 Å². The van der Waals surface area contributed by atoms with E-state index in [0.29, 0.717) is 29.8 Å². The minimum atomic E-state index is -1.82. The van der Waals surface area contributed by atoms with Gasteiger partial charge in [-0.15, -0.1) is 10.2 Å². The first-order valence-electron chi connectivity index (χ1n) is 11.5. The van der Waals surface area contributed by atoms with Crippen LogP contribution in [0.15, 0.2) is 17.3 Å². The number of aliphatic carboxylic acids is 2. The number of nitrogens with one attached hydrogen (secondary N) is 1. The lowest BCUT2D eigenvalue weighted by molar-refractivity contribution is -0.159. The van der Waals surface area contributed by atoms with Crippen LogP contribution in [0.4, 0.5) is 0 Å². The first-order valence-corrected chi connectivity index (χ1v) is 12.5. The van der Waals surface area contributed by atoms with Crippen molar-refractivity contribution in [3.05, 3.63) is 12.1 Å². The number of carbonyl (C=O) groups is 2. The molecule has 1 aromatic heterocycles. The lowest BCUT2D eigenvalue weighted by Gasteiger charge is -2.26. The highest BCUT2D eigenvalue weighted by Gasteiger charge is 2.25. The van der Waals surface area contributed by atoms with Gasteiger partial charge in [-0.3, -0.25) is 4.57 Å². The van der Waals surface area contributed by atoms with Crippen LogP contribution in [0.5, 0.6) is 17.2 Å². The smallest absolute Gasteiger partial charge is 0.414 e. The number of benzene rings is 1. The van der Waals surface area contributed by atoms with Gasteiger partial charge in [-0.1, -0.05) is 31.0 Å². The van der Waals surface area contributed by atoms with Crippen LogP contribution in [0.2, 0.25) is 0 Å². The van der Waals surface area contributed by atoms with Gasteiger partial charge in [0.05, 0.1) is 27.9 Å². The molecule has 0 amide bonds. The van der Waals surface area contributed by atoms with Crippen molar-refractivity contribution >= 4 is 23.7 Å². The summed E-state index contributed by atoms with van der Waals surface area (Å²) in [6.07, 6.45) is 5.99. The van der Waals surface area contributed by atoms with Crippen LogP contribution in [-0.2, 0) is 9.59 Å². The maximum Gasteiger partial charge on any atom is 0.414 e. The Morgan fingerprint density at radius 2 is 1.61 bits per heavy atom. The Bertz CT molecular complexity index is 957. The second-order valence-electron chi connectivity index (χ2n) is 7.81. The van der Waals surface area contributed by atoms with Crippen molar-refractivity contribution in [3.8, 4) is 28.6 Å². The van der Waals surface area contributed by atoms with Crippen molar-refractivity contribution in [1.82, 2.24) is 20.1 Å². The molecular weight excluding hydrogens is 492 g/mol. The summed E-state index contributed by atoms with van der Waals surface area (Å²) in [5.74, 6) is -0.186. The molecular formula is C23H34N4O8S. The summed E-state index contributed by atoms with van der Waals surface area (Å²) in [6, 6.07) is 4.25. The lowest BCUT2D eigenvalue weighted by Crippen LogP contribution is -2.21. The number of thioether (sulfide) groups is 1. The van der Waals surface area contributed by atoms with Crippen LogP contribution in [0.25, 0.3) is 11.4 Å². The molecule has 36 heavy (non-hydrogen) atoms. The number of nitrogens with zero attached hydrogens (tertiary/aromatic N) is 3. The fourth-order valence-corrected chi connectivity index (χ4v) is 4.77. The number of rotatable bonds is 11. The zero-order valence-electron chi connectivity index (χ0n) is 20.7. The minimum absolute atomic E-state index is 0.147. The fourth-order valence-electron chi connectivity index (χ4n) is 3.87. The zero-order chi connectivity index (χ0) is 26.5. The highest BCUT2D eigenvalue weighted by Crippen LogP contribution is 2.42. The molecule has 4 N–H and O–H groups in total. The standard InChI is InChI=1S/C21H32N4O4S.C2H2O4/c1-27-17-13-15(14-18(28-2)19(17)29-3)20-23-24-21(30-12-10-22-9-11-26)25(20)16-7-5-4-6-8-16;3-1(4)2(5)6/h13-14,16,22,26H,4-12H2,1-3H3;(H,3,4)(H,5,6). The van der Waals surface area contributed by atoms with Crippen LogP contribution in [0.1, 0.15) is 38.1 Å². The van der Waals surface area contributed by atoms with Gasteiger partial charge >= 0.3 is 11.9 Å². The van der Waals surface area contributed by atoms with E-state index in [1.165, 1.54) is 19.3 Å². The van der Waals surface area contributed by atoms with E-state index < -0.39 is 11.9 Å². The van der Waals surface area contributed by atoms with E-state index in [2.05, 4.69) is 20.1 Å². The minimum Gasteiger partial charge on any atom is -0.493 e. The molecule has 1 saturated carbocycles. The number of hydrogen-bond acceptors (Lipinski definition) is 10. The van der Waals surface area contributed by atoms with E-state index in [-0.39, 0.29) is 6.61 Å². The summed E-state index contributed by atoms with van der Waals surface area (Å²) in [5, 5.41) is 36.9. The van der Waals surface area contributed by atoms with Gasteiger partial charge in [0.1, 0.15) is 0 Å². The third-order valence-corrected chi connectivity index (χ3v) is 6.45. The largest absolute Gasteiger partial charge is 0.493 e. The van der Waals surface area contributed by atoms with Crippen molar-refractivity contribution in [2.45, 2.75) is 43.3 Å². The lowest BCUT2D eigenvalue weighted by atomic mass is 9.95.